The molecule has 3 heterocycles. The SMILES string of the molecule is Cc1oc2ncnc(NC3(C)CC3)c2c1C(=O)N1CCC(F)(c2ccc(F)cc2)C1. The lowest BCUT2D eigenvalue weighted by Gasteiger charge is -2.21. The van der Waals surface area contributed by atoms with Crippen molar-refractivity contribution in [3.05, 3.63) is 53.3 Å². The maximum atomic E-state index is 15.6. The second-order valence-electron chi connectivity index (χ2n) is 8.57. The zero-order valence-corrected chi connectivity index (χ0v) is 16.8. The first kappa shape index (κ1) is 19.0. The molecule has 2 fully saturated rings. The Morgan fingerprint density at radius 3 is 2.63 bits per heavy atom. The molecule has 0 bridgehead atoms. The molecular formula is C22H22F2N4O2. The molecule has 1 N–H and O–H groups in total. The van der Waals surface area contributed by atoms with E-state index in [1.165, 1.54) is 35.5 Å². The quantitative estimate of drug-likeness (QED) is 0.690. The number of benzene rings is 1. The molecule has 1 saturated heterocycles. The molecule has 2 aromatic heterocycles. The second-order valence-corrected chi connectivity index (χ2v) is 8.57. The average Bonchev–Trinajstić information content (AvgIpc) is 3.14. The smallest absolute Gasteiger partial charge is 0.258 e. The molecular weight excluding hydrogens is 390 g/mol. The van der Waals surface area contributed by atoms with Crippen LogP contribution in [-0.4, -0.2) is 39.4 Å². The fourth-order valence-electron chi connectivity index (χ4n) is 4.08. The molecule has 1 atom stereocenters. The van der Waals surface area contributed by atoms with Crippen molar-refractivity contribution in [2.45, 2.75) is 44.3 Å². The van der Waals surface area contributed by atoms with Gasteiger partial charge in [0.15, 0.2) is 5.67 Å². The Labute approximate surface area is 172 Å². The van der Waals surface area contributed by atoms with Crippen molar-refractivity contribution in [3.8, 4) is 0 Å². The van der Waals surface area contributed by atoms with Crippen molar-refractivity contribution < 1.29 is 18.0 Å². The molecule has 1 aliphatic carbocycles. The summed E-state index contributed by atoms with van der Waals surface area (Å²) >= 11 is 0. The number of nitrogens with zero attached hydrogens (tertiary/aromatic N) is 3. The number of halogens is 2. The first-order chi connectivity index (χ1) is 14.3. The summed E-state index contributed by atoms with van der Waals surface area (Å²) in [5.41, 5.74) is -0.685. The minimum absolute atomic E-state index is 0.0445. The largest absolute Gasteiger partial charge is 0.442 e. The third kappa shape index (κ3) is 3.11. The third-order valence-electron chi connectivity index (χ3n) is 6.17. The molecule has 1 unspecified atom stereocenters. The Bertz CT molecular complexity index is 1140. The van der Waals surface area contributed by atoms with Gasteiger partial charge in [-0.3, -0.25) is 4.79 Å². The van der Waals surface area contributed by atoms with Crippen molar-refractivity contribution in [3.63, 3.8) is 0 Å². The summed E-state index contributed by atoms with van der Waals surface area (Å²) < 4.78 is 34.5. The van der Waals surface area contributed by atoms with Gasteiger partial charge in [-0.05, 0) is 44.4 Å². The number of fused-ring (bicyclic) bond motifs is 1. The van der Waals surface area contributed by atoms with E-state index in [1.54, 1.807) is 6.92 Å². The van der Waals surface area contributed by atoms with E-state index in [0.29, 0.717) is 33.8 Å². The number of furan rings is 1. The molecule has 6 nitrogen and oxygen atoms in total. The Morgan fingerprint density at radius 1 is 1.20 bits per heavy atom. The Kier molecular flexibility index (Phi) is 4.10. The van der Waals surface area contributed by atoms with Gasteiger partial charge in [0.05, 0.1) is 17.5 Å². The van der Waals surface area contributed by atoms with Crippen molar-refractivity contribution in [2.24, 2.45) is 0 Å². The normalized spacial score (nSPS) is 22.5. The van der Waals surface area contributed by atoms with E-state index < -0.39 is 11.5 Å². The van der Waals surface area contributed by atoms with E-state index in [9.17, 15) is 9.18 Å². The number of aryl methyl sites for hydroxylation is 1. The molecule has 3 aromatic rings. The number of aromatic nitrogens is 2. The zero-order valence-electron chi connectivity index (χ0n) is 16.8. The third-order valence-corrected chi connectivity index (χ3v) is 6.17. The molecule has 8 heteroatoms. The average molecular weight is 412 g/mol. The molecule has 2 aliphatic rings. The highest BCUT2D eigenvalue weighted by molar-refractivity contribution is 6.10. The van der Waals surface area contributed by atoms with Gasteiger partial charge in [-0.15, -0.1) is 0 Å². The van der Waals surface area contributed by atoms with Crippen LogP contribution in [0.5, 0.6) is 0 Å². The summed E-state index contributed by atoms with van der Waals surface area (Å²) in [5, 5.41) is 3.92. The van der Waals surface area contributed by atoms with Crippen LogP contribution in [0.2, 0.25) is 0 Å². The lowest BCUT2D eigenvalue weighted by atomic mass is 9.95. The highest BCUT2D eigenvalue weighted by Crippen LogP contribution is 2.41. The standard InChI is InChI=1S/C22H22F2N4O2/c1-13-16(17-18(27-21(2)7-8-21)25-12-26-19(17)30-13)20(29)28-10-9-22(24,11-28)14-3-5-15(23)6-4-14/h3-6,12H,7-11H2,1-2H3,(H,25,26,27). The topological polar surface area (TPSA) is 71.3 Å². The van der Waals surface area contributed by atoms with Gasteiger partial charge in [0, 0.05) is 18.5 Å². The van der Waals surface area contributed by atoms with Crippen LogP contribution in [0.15, 0.2) is 35.0 Å². The van der Waals surface area contributed by atoms with Gasteiger partial charge < -0.3 is 14.6 Å². The number of nitrogens with one attached hydrogen (secondary N) is 1. The summed E-state index contributed by atoms with van der Waals surface area (Å²) in [6.07, 6.45) is 3.60. The Hall–Kier alpha value is -3.03. The van der Waals surface area contributed by atoms with Crippen molar-refractivity contribution in [1.29, 1.82) is 0 Å². The van der Waals surface area contributed by atoms with Crippen LogP contribution in [0.4, 0.5) is 14.6 Å². The van der Waals surface area contributed by atoms with Gasteiger partial charge in [-0.1, -0.05) is 12.1 Å². The predicted molar refractivity (Wildman–Crippen MR) is 108 cm³/mol. The highest BCUT2D eigenvalue weighted by atomic mass is 19.1. The number of amides is 1. The first-order valence-corrected chi connectivity index (χ1v) is 10.0. The number of hydrogen-bond acceptors (Lipinski definition) is 5. The van der Waals surface area contributed by atoms with E-state index in [1.807, 2.05) is 0 Å². The number of rotatable bonds is 4. The number of carbonyl (C=O) groups is 1. The molecule has 0 spiro atoms. The monoisotopic (exact) mass is 412 g/mol. The zero-order chi connectivity index (χ0) is 21.1. The van der Waals surface area contributed by atoms with E-state index in [4.69, 9.17) is 4.42 Å². The van der Waals surface area contributed by atoms with E-state index in [-0.39, 0.29) is 31.0 Å². The maximum Gasteiger partial charge on any atom is 0.258 e. The predicted octanol–water partition coefficient (Wildman–Crippen LogP) is 4.35. The van der Waals surface area contributed by atoms with Gasteiger partial charge in [-0.2, -0.15) is 0 Å². The van der Waals surface area contributed by atoms with E-state index in [0.717, 1.165) is 12.8 Å². The van der Waals surface area contributed by atoms with Gasteiger partial charge in [-0.25, -0.2) is 18.7 Å². The number of carbonyl (C=O) groups excluding carboxylic acids is 1. The van der Waals surface area contributed by atoms with Crippen LogP contribution >= 0.6 is 0 Å². The minimum atomic E-state index is -1.71. The van der Waals surface area contributed by atoms with E-state index >= 15 is 4.39 Å². The van der Waals surface area contributed by atoms with Gasteiger partial charge in [0.1, 0.15) is 23.7 Å². The van der Waals surface area contributed by atoms with Gasteiger partial charge in [0.2, 0.25) is 5.71 Å². The number of anilines is 1. The fraction of sp³-hybridized carbons (Fsp3) is 0.409. The molecule has 30 heavy (non-hydrogen) atoms. The van der Waals surface area contributed by atoms with Crippen LogP contribution in [0, 0.1) is 12.7 Å². The summed E-state index contributed by atoms with van der Waals surface area (Å²) in [6, 6.07) is 5.35. The fourth-order valence-corrected chi connectivity index (χ4v) is 4.08. The number of alkyl halides is 1. The van der Waals surface area contributed by atoms with Crippen molar-refractivity contribution in [2.75, 3.05) is 18.4 Å². The van der Waals surface area contributed by atoms with Crippen LogP contribution in [-0.2, 0) is 5.67 Å². The van der Waals surface area contributed by atoms with Crippen molar-refractivity contribution in [1.82, 2.24) is 14.9 Å². The second kappa shape index (κ2) is 6.48. The van der Waals surface area contributed by atoms with Crippen molar-refractivity contribution >= 4 is 22.8 Å². The first-order valence-electron chi connectivity index (χ1n) is 10.0. The van der Waals surface area contributed by atoms with E-state index in [2.05, 4.69) is 22.2 Å². The highest BCUT2D eigenvalue weighted by Gasteiger charge is 2.43. The molecule has 1 aliphatic heterocycles. The molecule has 0 radical (unpaired) electrons. The summed E-state index contributed by atoms with van der Waals surface area (Å²) in [7, 11) is 0. The molecule has 156 valence electrons. The van der Waals surface area contributed by atoms with Gasteiger partial charge in [0.25, 0.3) is 5.91 Å². The summed E-state index contributed by atoms with van der Waals surface area (Å²) in [6.45, 7) is 3.96. The molecule has 1 saturated carbocycles. The number of likely N-dealkylation sites (tertiary alicyclic amines) is 1. The maximum absolute atomic E-state index is 15.6. The Balaban J connectivity index is 1.48. The molecule has 1 amide bonds. The summed E-state index contributed by atoms with van der Waals surface area (Å²) in [5.74, 6) is 0.256. The minimum Gasteiger partial charge on any atom is -0.442 e. The lowest BCUT2D eigenvalue weighted by Crippen LogP contribution is -2.32. The van der Waals surface area contributed by atoms with Crippen LogP contribution < -0.4 is 5.32 Å². The van der Waals surface area contributed by atoms with Crippen LogP contribution in [0.25, 0.3) is 11.1 Å². The van der Waals surface area contributed by atoms with Crippen LogP contribution in [0.3, 0.4) is 0 Å². The Morgan fingerprint density at radius 2 is 1.93 bits per heavy atom. The van der Waals surface area contributed by atoms with Crippen LogP contribution in [0.1, 0.15) is 47.9 Å². The molecule has 5 rings (SSSR count). The lowest BCUT2D eigenvalue weighted by molar-refractivity contribution is 0.0750. The van der Waals surface area contributed by atoms with Gasteiger partial charge >= 0.3 is 0 Å². The summed E-state index contributed by atoms with van der Waals surface area (Å²) in [4.78, 5) is 23.4. The molecule has 1 aromatic carbocycles. The number of hydrogen-bond donors (Lipinski definition) is 1.